The Morgan fingerprint density at radius 2 is 1.80 bits per heavy atom. The van der Waals surface area contributed by atoms with Gasteiger partial charge < -0.3 is 14.6 Å². The fraction of sp³-hybridized carbons (Fsp3) is 0.250. The first-order chi connectivity index (χ1) is 14.3. The lowest BCUT2D eigenvalue weighted by Gasteiger charge is -2.22. The Kier molecular flexibility index (Phi) is 6.34. The second-order valence-corrected chi connectivity index (χ2v) is 6.33. The third-order valence-electron chi connectivity index (χ3n) is 4.22. The minimum absolute atomic E-state index is 0.0387. The molecule has 0 radical (unpaired) electrons. The van der Waals surface area contributed by atoms with E-state index in [-0.39, 0.29) is 30.1 Å². The van der Waals surface area contributed by atoms with Gasteiger partial charge in [0.25, 0.3) is 0 Å². The molecule has 1 aromatic heterocycles. The molecule has 0 spiro atoms. The molecule has 0 saturated heterocycles. The molecule has 1 atom stereocenters. The molecule has 30 heavy (non-hydrogen) atoms. The number of hydrogen-bond acceptors (Lipinski definition) is 5. The largest absolute Gasteiger partial charge is 0.497 e. The van der Waals surface area contributed by atoms with Crippen molar-refractivity contribution in [1.29, 1.82) is 0 Å². The van der Waals surface area contributed by atoms with Gasteiger partial charge in [0.2, 0.25) is 17.6 Å². The van der Waals surface area contributed by atoms with Gasteiger partial charge in [-0.15, -0.1) is 0 Å². The zero-order valence-electron chi connectivity index (χ0n) is 15.7. The zero-order valence-corrected chi connectivity index (χ0v) is 15.7. The maximum atomic E-state index is 13.3. The van der Waals surface area contributed by atoms with Crippen LogP contribution >= 0.6 is 0 Å². The van der Waals surface area contributed by atoms with E-state index in [0.717, 1.165) is 24.3 Å². The number of nitrogens with one attached hydrogen (secondary N) is 1. The Morgan fingerprint density at radius 3 is 2.40 bits per heavy atom. The highest BCUT2D eigenvalue weighted by Gasteiger charge is 2.41. The maximum Gasteiger partial charge on any atom is 0.412 e. The van der Waals surface area contributed by atoms with Gasteiger partial charge in [-0.1, -0.05) is 17.3 Å². The summed E-state index contributed by atoms with van der Waals surface area (Å²) in [6, 6.07) is 8.38. The Morgan fingerprint density at radius 1 is 1.13 bits per heavy atom. The van der Waals surface area contributed by atoms with Gasteiger partial charge in [-0.25, -0.2) is 4.39 Å². The molecule has 3 rings (SSSR count). The Bertz CT molecular complexity index is 986. The monoisotopic (exact) mass is 423 g/mol. The molecule has 0 saturated carbocycles. The molecular formula is C20H17F4N3O3. The second-order valence-electron chi connectivity index (χ2n) is 6.33. The summed E-state index contributed by atoms with van der Waals surface area (Å²) < 4.78 is 63.1. The number of alkyl halides is 3. The first-order valence-electron chi connectivity index (χ1n) is 8.85. The highest BCUT2D eigenvalue weighted by molar-refractivity contribution is 5.76. The van der Waals surface area contributed by atoms with E-state index in [1.54, 1.807) is 24.3 Å². The van der Waals surface area contributed by atoms with Crippen molar-refractivity contribution < 1.29 is 31.6 Å². The van der Waals surface area contributed by atoms with Crippen molar-refractivity contribution in [3.05, 3.63) is 65.8 Å². The molecule has 0 fully saturated rings. The molecular weight excluding hydrogens is 406 g/mol. The maximum absolute atomic E-state index is 13.3. The lowest BCUT2D eigenvalue weighted by Crippen LogP contribution is -2.38. The van der Waals surface area contributed by atoms with Crippen LogP contribution in [0.4, 0.5) is 17.6 Å². The van der Waals surface area contributed by atoms with Crippen molar-refractivity contribution >= 4 is 5.91 Å². The molecule has 6 nitrogen and oxygen atoms in total. The minimum Gasteiger partial charge on any atom is -0.497 e. The summed E-state index contributed by atoms with van der Waals surface area (Å²) in [6.45, 7) is 0. The first kappa shape index (κ1) is 21.3. The number of nitrogens with zero attached hydrogens (tertiary/aromatic N) is 2. The van der Waals surface area contributed by atoms with Crippen LogP contribution in [0.3, 0.4) is 0 Å². The number of carbonyl (C=O) groups excluding carboxylic acids is 1. The number of amides is 1. The average Bonchev–Trinajstić information content (AvgIpc) is 3.20. The van der Waals surface area contributed by atoms with Crippen LogP contribution in [-0.2, 0) is 11.2 Å². The normalized spacial score (nSPS) is 12.4. The van der Waals surface area contributed by atoms with Gasteiger partial charge in [0, 0.05) is 18.4 Å². The third-order valence-corrected chi connectivity index (χ3v) is 4.22. The highest BCUT2D eigenvalue weighted by Crippen LogP contribution is 2.32. The SMILES string of the molecule is COc1ccc(-c2noc(CCC(=O)NC(c3ccc(F)cc3)C(F)(F)F)n2)cc1. The number of methoxy groups -OCH3 is 1. The van der Waals surface area contributed by atoms with Gasteiger partial charge >= 0.3 is 6.18 Å². The number of carbonyl (C=O) groups is 1. The van der Waals surface area contributed by atoms with E-state index in [2.05, 4.69) is 10.1 Å². The lowest BCUT2D eigenvalue weighted by atomic mass is 10.1. The number of halogens is 4. The fourth-order valence-electron chi connectivity index (χ4n) is 2.68. The number of benzene rings is 2. The van der Waals surface area contributed by atoms with Crippen LogP contribution in [0, 0.1) is 5.82 Å². The van der Waals surface area contributed by atoms with Crippen LogP contribution in [-0.4, -0.2) is 29.3 Å². The quantitative estimate of drug-likeness (QED) is 0.576. The fourth-order valence-corrected chi connectivity index (χ4v) is 2.68. The summed E-state index contributed by atoms with van der Waals surface area (Å²) in [7, 11) is 1.53. The number of aromatic nitrogens is 2. The predicted molar refractivity (Wildman–Crippen MR) is 97.9 cm³/mol. The molecule has 0 aliphatic carbocycles. The van der Waals surface area contributed by atoms with Crippen molar-refractivity contribution in [3.63, 3.8) is 0 Å². The highest BCUT2D eigenvalue weighted by atomic mass is 19.4. The molecule has 1 amide bonds. The van der Waals surface area contributed by atoms with Crippen molar-refractivity contribution in [3.8, 4) is 17.1 Å². The topological polar surface area (TPSA) is 77.2 Å². The smallest absolute Gasteiger partial charge is 0.412 e. The van der Waals surface area contributed by atoms with Gasteiger partial charge in [-0.2, -0.15) is 18.2 Å². The number of aryl methyl sites for hydroxylation is 1. The third kappa shape index (κ3) is 5.34. The van der Waals surface area contributed by atoms with E-state index in [4.69, 9.17) is 9.26 Å². The van der Waals surface area contributed by atoms with Crippen LogP contribution < -0.4 is 10.1 Å². The van der Waals surface area contributed by atoms with E-state index < -0.39 is 23.9 Å². The Balaban J connectivity index is 1.61. The molecule has 0 bridgehead atoms. The van der Waals surface area contributed by atoms with Crippen LogP contribution in [0.5, 0.6) is 5.75 Å². The molecule has 1 heterocycles. The van der Waals surface area contributed by atoms with Crippen LogP contribution in [0.25, 0.3) is 11.4 Å². The lowest BCUT2D eigenvalue weighted by molar-refractivity contribution is -0.163. The van der Waals surface area contributed by atoms with Crippen LogP contribution in [0.15, 0.2) is 53.1 Å². The van der Waals surface area contributed by atoms with Crippen LogP contribution in [0.1, 0.15) is 23.9 Å². The molecule has 1 N–H and O–H groups in total. The Labute approximate surface area is 168 Å². The molecule has 10 heteroatoms. The second kappa shape index (κ2) is 8.93. The van der Waals surface area contributed by atoms with Gasteiger partial charge in [-0.3, -0.25) is 4.79 Å². The van der Waals surface area contributed by atoms with E-state index >= 15 is 0 Å². The first-order valence-corrected chi connectivity index (χ1v) is 8.85. The summed E-state index contributed by atoms with van der Waals surface area (Å²) in [4.78, 5) is 16.2. The van der Waals surface area contributed by atoms with E-state index in [0.29, 0.717) is 11.3 Å². The molecule has 2 aromatic carbocycles. The van der Waals surface area contributed by atoms with E-state index in [1.807, 2.05) is 5.32 Å². The standard InChI is InChI=1S/C20H17F4N3O3/c1-29-15-8-4-13(5-9-15)19-26-17(30-27-19)11-10-16(28)25-18(20(22,23)24)12-2-6-14(21)7-3-12/h2-9,18H,10-11H2,1H3,(H,25,28). The summed E-state index contributed by atoms with van der Waals surface area (Å²) in [5.41, 5.74) is 0.389. The zero-order chi connectivity index (χ0) is 21.7. The molecule has 1 unspecified atom stereocenters. The van der Waals surface area contributed by atoms with Gasteiger partial charge in [0.1, 0.15) is 11.6 Å². The number of ether oxygens (including phenoxy) is 1. The number of hydrogen-bond donors (Lipinski definition) is 1. The van der Waals surface area contributed by atoms with Gasteiger partial charge in [0.15, 0.2) is 6.04 Å². The average molecular weight is 423 g/mol. The van der Waals surface area contributed by atoms with E-state index in [1.165, 1.54) is 7.11 Å². The van der Waals surface area contributed by atoms with E-state index in [9.17, 15) is 22.4 Å². The predicted octanol–water partition coefficient (Wildman–Crippen LogP) is 4.24. The number of rotatable bonds is 7. The molecule has 0 aliphatic rings. The van der Waals surface area contributed by atoms with Crippen molar-refractivity contribution in [2.45, 2.75) is 25.1 Å². The summed E-state index contributed by atoms with van der Waals surface area (Å²) in [5, 5.41) is 5.73. The van der Waals surface area contributed by atoms with Gasteiger partial charge in [-0.05, 0) is 42.0 Å². The van der Waals surface area contributed by atoms with Crippen molar-refractivity contribution in [2.75, 3.05) is 7.11 Å². The summed E-state index contributed by atoms with van der Waals surface area (Å²) in [5.74, 6) is -0.478. The Hall–Kier alpha value is -3.43. The van der Waals surface area contributed by atoms with Crippen LogP contribution in [0.2, 0.25) is 0 Å². The minimum atomic E-state index is -4.74. The molecule has 3 aromatic rings. The van der Waals surface area contributed by atoms with Crippen molar-refractivity contribution in [2.24, 2.45) is 0 Å². The molecule has 0 aliphatic heterocycles. The molecule has 158 valence electrons. The van der Waals surface area contributed by atoms with Gasteiger partial charge in [0.05, 0.1) is 7.11 Å². The summed E-state index contributed by atoms with van der Waals surface area (Å²) >= 11 is 0. The van der Waals surface area contributed by atoms with Crippen molar-refractivity contribution in [1.82, 2.24) is 15.5 Å². The summed E-state index contributed by atoms with van der Waals surface area (Å²) in [6.07, 6.45) is -5.07.